The molecule has 0 fully saturated rings. The molecule has 0 aliphatic carbocycles. The first-order valence-corrected chi connectivity index (χ1v) is 9.82. The highest BCUT2D eigenvalue weighted by Crippen LogP contribution is 2.16. The average molecular weight is 403 g/mol. The Morgan fingerprint density at radius 1 is 1.17 bits per heavy atom. The van der Waals surface area contributed by atoms with E-state index in [9.17, 15) is 14.4 Å². The molecule has 4 aromatic rings. The first kappa shape index (κ1) is 19.5. The van der Waals surface area contributed by atoms with E-state index < -0.39 is 11.2 Å². The third kappa shape index (κ3) is 3.71. The number of amides is 1. The maximum atomic E-state index is 12.6. The fraction of sp³-hybridized carbons (Fsp3) is 0.227. The zero-order chi connectivity index (χ0) is 21.1. The van der Waals surface area contributed by atoms with Gasteiger partial charge in [0.25, 0.3) is 11.5 Å². The molecule has 0 aliphatic heterocycles. The summed E-state index contributed by atoms with van der Waals surface area (Å²) in [7, 11) is 0. The number of para-hydroxylation sites is 1. The van der Waals surface area contributed by atoms with Gasteiger partial charge in [-0.1, -0.05) is 31.2 Å². The summed E-state index contributed by atoms with van der Waals surface area (Å²) in [4.78, 5) is 47.7. The summed E-state index contributed by atoms with van der Waals surface area (Å²) in [6, 6.07) is 11.3. The van der Waals surface area contributed by atoms with E-state index in [2.05, 4.69) is 20.3 Å². The minimum absolute atomic E-state index is 0.217. The first-order chi connectivity index (χ1) is 14.6. The van der Waals surface area contributed by atoms with Crippen LogP contribution in [0.2, 0.25) is 0 Å². The summed E-state index contributed by atoms with van der Waals surface area (Å²) in [5.74, 6) is -0.328. The van der Waals surface area contributed by atoms with Crippen LogP contribution in [0.3, 0.4) is 0 Å². The molecular formula is C22H21N5O3. The number of nitrogens with one attached hydrogen (secondary N) is 2. The van der Waals surface area contributed by atoms with Crippen molar-refractivity contribution in [2.24, 2.45) is 0 Å². The van der Waals surface area contributed by atoms with Crippen LogP contribution in [-0.2, 0) is 13.0 Å². The Balaban J connectivity index is 1.53. The Bertz CT molecular complexity index is 1350. The molecule has 8 nitrogen and oxygen atoms in total. The van der Waals surface area contributed by atoms with E-state index in [-0.39, 0.29) is 22.5 Å². The van der Waals surface area contributed by atoms with Crippen molar-refractivity contribution >= 4 is 27.8 Å². The second-order valence-electron chi connectivity index (χ2n) is 7.00. The lowest BCUT2D eigenvalue weighted by Crippen LogP contribution is -2.31. The molecule has 0 saturated carbocycles. The van der Waals surface area contributed by atoms with Crippen molar-refractivity contribution in [2.45, 2.75) is 26.3 Å². The predicted molar refractivity (Wildman–Crippen MR) is 115 cm³/mol. The van der Waals surface area contributed by atoms with Crippen molar-refractivity contribution in [1.29, 1.82) is 0 Å². The van der Waals surface area contributed by atoms with Gasteiger partial charge in [0.2, 0.25) is 0 Å². The van der Waals surface area contributed by atoms with E-state index >= 15 is 0 Å². The summed E-state index contributed by atoms with van der Waals surface area (Å²) >= 11 is 0. The molecule has 0 unspecified atom stereocenters. The summed E-state index contributed by atoms with van der Waals surface area (Å²) < 4.78 is 1.41. The zero-order valence-electron chi connectivity index (χ0n) is 16.5. The quantitative estimate of drug-likeness (QED) is 0.512. The normalized spacial score (nSPS) is 11.1. The number of nitrogens with zero attached hydrogens (tertiary/aromatic N) is 3. The topological polar surface area (TPSA) is 110 Å². The SMILES string of the molecule is CCCn1c(=O)[nH]c(=O)c2cc(C(=O)NCCc3cccc4cccnc34)cnc21. The summed E-state index contributed by atoms with van der Waals surface area (Å²) in [5.41, 5.74) is 1.47. The minimum Gasteiger partial charge on any atom is -0.352 e. The molecule has 1 amide bonds. The van der Waals surface area contributed by atoms with Gasteiger partial charge in [0, 0.05) is 30.9 Å². The van der Waals surface area contributed by atoms with E-state index in [1.165, 1.54) is 16.8 Å². The number of rotatable bonds is 6. The largest absolute Gasteiger partial charge is 0.352 e. The minimum atomic E-state index is -0.550. The molecule has 0 bridgehead atoms. The van der Waals surface area contributed by atoms with Gasteiger partial charge in [0.1, 0.15) is 5.65 Å². The fourth-order valence-corrected chi connectivity index (χ4v) is 3.50. The molecule has 3 heterocycles. The monoisotopic (exact) mass is 403 g/mol. The number of hydrogen-bond acceptors (Lipinski definition) is 5. The van der Waals surface area contributed by atoms with E-state index in [0.29, 0.717) is 25.9 Å². The van der Waals surface area contributed by atoms with Crippen LogP contribution in [0.25, 0.3) is 21.9 Å². The Morgan fingerprint density at radius 3 is 2.83 bits per heavy atom. The molecular weight excluding hydrogens is 382 g/mol. The predicted octanol–water partition coefficient (Wildman–Crippen LogP) is 2.02. The molecule has 0 radical (unpaired) electrons. The Morgan fingerprint density at radius 2 is 2.00 bits per heavy atom. The summed E-state index contributed by atoms with van der Waals surface area (Å²) in [6.07, 6.45) is 4.48. The molecule has 30 heavy (non-hydrogen) atoms. The van der Waals surface area contributed by atoms with Crippen molar-refractivity contribution in [1.82, 2.24) is 24.8 Å². The number of aromatic amines is 1. The Kier molecular flexibility index (Phi) is 5.38. The molecule has 1 aromatic carbocycles. The highest BCUT2D eigenvalue weighted by Gasteiger charge is 2.13. The van der Waals surface area contributed by atoms with Crippen LogP contribution in [0.15, 0.2) is 58.4 Å². The van der Waals surface area contributed by atoms with Gasteiger partial charge in [0.05, 0.1) is 16.5 Å². The highest BCUT2D eigenvalue weighted by molar-refractivity contribution is 5.96. The number of carbonyl (C=O) groups excluding carboxylic acids is 1. The van der Waals surface area contributed by atoms with E-state index in [1.807, 2.05) is 37.3 Å². The van der Waals surface area contributed by atoms with Gasteiger partial charge in [-0.15, -0.1) is 0 Å². The van der Waals surface area contributed by atoms with Crippen molar-refractivity contribution in [3.8, 4) is 0 Å². The number of benzene rings is 1. The maximum absolute atomic E-state index is 12.6. The third-order valence-corrected chi connectivity index (χ3v) is 4.94. The lowest BCUT2D eigenvalue weighted by Gasteiger charge is -2.10. The summed E-state index contributed by atoms with van der Waals surface area (Å²) in [5, 5.41) is 4.13. The van der Waals surface area contributed by atoms with Gasteiger partial charge in [-0.2, -0.15) is 0 Å². The molecule has 0 aliphatic rings. The standard InChI is InChI=1S/C22H21N5O3/c1-2-11-27-19-17(21(29)26-22(27)30)12-16(13-25-19)20(28)24-10-8-15-6-3-5-14-7-4-9-23-18(14)15/h3-7,9,12-13H,2,8,10-11H2,1H3,(H,24,28)(H,26,29,30). The first-order valence-electron chi connectivity index (χ1n) is 9.82. The summed E-state index contributed by atoms with van der Waals surface area (Å²) in [6.45, 7) is 2.78. The second kappa shape index (κ2) is 8.28. The van der Waals surface area contributed by atoms with Crippen LogP contribution in [0, 0.1) is 0 Å². The number of carbonyl (C=O) groups is 1. The lowest BCUT2D eigenvalue weighted by atomic mass is 10.1. The van der Waals surface area contributed by atoms with Gasteiger partial charge in [0.15, 0.2) is 0 Å². The molecule has 8 heteroatoms. The zero-order valence-corrected chi connectivity index (χ0v) is 16.5. The molecule has 3 aromatic heterocycles. The van der Waals surface area contributed by atoms with Gasteiger partial charge in [-0.3, -0.25) is 24.1 Å². The number of aromatic nitrogens is 4. The van der Waals surface area contributed by atoms with Crippen LogP contribution >= 0.6 is 0 Å². The van der Waals surface area contributed by atoms with Gasteiger partial charge in [-0.05, 0) is 30.5 Å². The van der Waals surface area contributed by atoms with Gasteiger partial charge >= 0.3 is 5.69 Å². The molecule has 4 rings (SSSR count). The van der Waals surface area contributed by atoms with Crippen molar-refractivity contribution in [3.05, 3.63) is 80.8 Å². The van der Waals surface area contributed by atoms with Gasteiger partial charge in [-0.25, -0.2) is 9.78 Å². The molecule has 0 spiro atoms. The van der Waals surface area contributed by atoms with Crippen LogP contribution in [0.4, 0.5) is 0 Å². The van der Waals surface area contributed by atoms with Crippen molar-refractivity contribution < 1.29 is 4.79 Å². The fourth-order valence-electron chi connectivity index (χ4n) is 3.50. The van der Waals surface area contributed by atoms with Crippen molar-refractivity contribution in [2.75, 3.05) is 6.54 Å². The molecule has 152 valence electrons. The van der Waals surface area contributed by atoms with Crippen LogP contribution < -0.4 is 16.6 Å². The third-order valence-electron chi connectivity index (χ3n) is 4.94. The Hall–Kier alpha value is -3.81. The number of fused-ring (bicyclic) bond motifs is 2. The highest BCUT2D eigenvalue weighted by atomic mass is 16.2. The van der Waals surface area contributed by atoms with E-state index in [1.54, 1.807) is 6.20 Å². The maximum Gasteiger partial charge on any atom is 0.329 e. The van der Waals surface area contributed by atoms with Gasteiger partial charge < -0.3 is 5.32 Å². The number of aryl methyl sites for hydroxylation is 1. The van der Waals surface area contributed by atoms with E-state index in [4.69, 9.17) is 0 Å². The lowest BCUT2D eigenvalue weighted by molar-refractivity contribution is 0.0954. The van der Waals surface area contributed by atoms with Crippen molar-refractivity contribution in [3.63, 3.8) is 0 Å². The molecule has 0 atom stereocenters. The number of hydrogen-bond donors (Lipinski definition) is 2. The number of pyridine rings is 2. The molecule has 2 N–H and O–H groups in total. The number of H-pyrrole nitrogens is 1. The van der Waals surface area contributed by atoms with Crippen LogP contribution in [0.5, 0.6) is 0 Å². The van der Waals surface area contributed by atoms with Crippen LogP contribution in [-0.4, -0.2) is 32.0 Å². The smallest absolute Gasteiger partial charge is 0.329 e. The Labute approximate surface area is 171 Å². The average Bonchev–Trinajstić information content (AvgIpc) is 2.76. The molecule has 0 saturated heterocycles. The van der Waals surface area contributed by atoms with E-state index in [0.717, 1.165) is 16.5 Å². The van der Waals surface area contributed by atoms with Crippen LogP contribution in [0.1, 0.15) is 29.3 Å². The second-order valence-corrected chi connectivity index (χ2v) is 7.00.